The van der Waals surface area contributed by atoms with Crippen LogP contribution in [0.4, 0.5) is 4.39 Å². The minimum atomic E-state index is -0.779. The molecule has 1 unspecified atom stereocenters. The van der Waals surface area contributed by atoms with Gasteiger partial charge in [0, 0.05) is 18.4 Å². The molecule has 32 heavy (non-hydrogen) atoms. The third kappa shape index (κ3) is 4.66. The Morgan fingerprint density at radius 2 is 1.78 bits per heavy atom. The topological polar surface area (TPSA) is 63.2 Å². The zero-order valence-electron chi connectivity index (χ0n) is 19.3. The summed E-state index contributed by atoms with van der Waals surface area (Å²) < 4.78 is 42.9. The third-order valence-electron chi connectivity index (χ3n) is 5.29. The smallest absolute Gasteiger partial charge is 0.306 e. The predicted octanol–water partition coefficient (Wildman–Crippen LogP) is 5.27. The maximum atomic E-state index is 15.1. The van der Waals surface area contributed by atoms with Crippen molar-refractivity contribution in [1.82, 2.24) is 0 Å². The van der Waals surface area contributed by atoms with Crippen molar-refractivity contribution in [3.05, 3.63) is 52.8 Å². The number of benzene rings is 2. The van der Waals surface area contributed by atoms with Gasteiger partial charge in [0.15, 0.2) is 17.3 Å². The first kappa shape index (κ1) is 23.4. The number of ether oxygens (including phenoxy) is 5. The molecule has 6 nitrogen and oxygen atoms in total. The summed E-state index contributed by atoms with van der Waals surface area (Å²) in [5.74, 6) is 0.503. The predicted molar refractivity (Wildman–Crippen MR) is 119 cm³/mol. The van der Waals surface area contributed by atoms with Gasteiger partial charge in [-0.25, -0.2) is 4.39 Å². The molecule has 2 aromatic carbocycles. The highest BCUT2D eigenvalue weighted by Gasteiger charge is 2.29. The van der Waals surface area contributed by atoms with Crippen LogP contribution in [0.15, 0.2) is 30.3 Å². The Labute approximate surface area is 187 Å². The number of carbonyl (C=O) groups is 1. The first-order valence-corrected chi connectivity index (χ1v) is 10.4. The number of methoxy groups -OCH3 is 3. The average molecular weight is 444 g/mol. The van der Waals surface area contributed by atoms with Crippen molar-refractivity contribution in [3.63, 3.8) is 0 Å². The normalized spacial score (nSPS) is 14.7. The molecule has 0 fully saturated rings. The van der Waals surface area contributed by atoms with Crippen LogP contribution in [0.1, 0.15) is 50.0 Å². The molecule has 0 aliphatic carbocycles. The van der Waals surface area contributed by atoms with Gasteiger partial charge in [0.05, 0.1) is 26.9 Å². The van der Waals surface area contributed by atoms with Crippen LogP contribution in [0.5, 0.6) is 23.0 Å². The molecule has 0 radical (unpaired) electrons. The highest BCUT2D eigenvalue weighted by Crippen LogP contribution is 2.43. The van der Waals surface area contributed by atoms with Crippen molar-refractivity contribution in [3.8, 4) is 23.0 Å². The maximum absolute atomic E-state index is 15.1. The lowest BCUT2D eigenvalue weighted by molar-refractivity contribution is -0.149. The van der Waals surface area contributed by atoms with Gasteiger partial charge < -0.3 is 23.7 Å². The van der Waals surface area contributed by atoms with E-state index in [1.165, 1.54) is 14.2 Å². The molecule has 0 bridgehead atoms. The Hall–Kier alpha value is -3.22. The van der Waals surface area contributed by atoms with Crippen molar-refractivity contribution in [2.24, 2.45) is 0 Å². The Morgan fingerprint density at radius 1 is 1.06 bits per heavy atom. The van der Waals surface area contributed by atoms with Crippen LogP contribution in [-0.2, 0) is 16.0 Å². The molecule has 0 N–H and O–H groups in total. The van der Waals surface area contributed by atoms with E-state index in [0.717, 1.165) is 5.56 Å². The molecular formula is C25H29FO6. The van der Waals surface area contributed by atoms with Gasteiger partial charge in [-0.2, -0.15) is 0 Å². The van der Waals surface area contributed by atoms with E-state index in [1.54, 1.807) is 32.2 Å². The van der Waals surface area contributed by atoms with E-state index < -0.39 is 23.5 Å². The lowest BCUT2D eigenvalue weighted by Gasteiger charge is -2.30. The summed E-state index contributed by atoms with van der Waals surface area (Å²) in [5, 5.41) is 0. The molecule has 0 spiro atoms. The van der Waals surface area contributed by atoms with Crippen molar-refractivity contribution >= 4 is 12.0 Å². The van der Waals surface area contributed by atoms with Crippen LogP contribution in [-0.4, -0.2) is 32.9 Å². The summed E-state index contributed by atoms with van der Waals surface area (Å²) in [7, 11) is 4.36. The lowest BCUT2D eigenvalue weighted by Crippen LogP contribution is -2.27. The first-order valence-electron chi connectivity index (χ1n) is 10.4. The van der Waals surface area contributed by atoms with E-state index in [-0.39, 0.29) is 24.3 Å². The van der Waals surface area contributed by atoms with Crippen molar-refractivity contribution < 1.29 is 32.9 Å². The number of rotatable bonds is 8. The van der Waals surface area contributed by atoms with Gasteiger partial charge in [-0.05, 0) is 49.8 Å². The second kappa shape index (κ2) is 9.51. The lowest BCUT2D eigenvalue weighted by atomic mass is 9.94. The minimum Gasteiger partial charge on any atom is -0.496 e. The fourth-order valence-electron chi connectivity index (χ4n) is 3.67. The molecule has 1 aliphatic rings. The fraction of sp³-hybridized carbons (Fsp3) is 0.400. The van der Waals surface area contributed by atoms with Crippen LogP contribution in [0.3, 0.4) is 0 Å². The number of fused-ring (bicyclic) bond motifs is 1. The van der Waals surface area contributed by atoms with Crippen molar-refractivity contribution in [1.29, 1.82) is 0 Å². The Bertz CT molecular complexity index is 1030. The number of halogens is 1. The fourth-order valence-corrected chi connectivity index (χ4v) is 3.67. The molecule has 1 aliphatic heterocycles. The van der Waals surface area contributed by atoms with Gasteiger partial charge in [-0.1, -0.05) is 13.0 Å². The SMILES string of the molecule is CCC(=O)OC(Cc1ccc(OC)c(OC)c1F)c1ccc2c(c1OC)C=CC(C)(C)O2. The first-order chi connectivity index (χ1) is 15.2. The molecule has 1 heterocycles. The van der Waals surface area contributed by atoms with E-state index >= 15 is 4.39 Å². The number of esters is 1. The van der Waals surface area contributed by atoms with Crippen LogP contribution in [0.2, 0.25) is 0 Å². The standard InChI is InChI=1S/C25H29FO6/c1-7-21(27)31-20(14-15-8-10-19(28-4)24(30-6)22(15)26)16-9-11-18-17(23(16)29-5)12-13-25(2,3)32-18/h8-13,20H,7,14H2,1-6H3. The van der Waals surface area contributed by atoms with Crippen LogP contribution in [0.25, 0.3) is 6.08 Å². The molecule has 1 atom stereocenters. The van der Waals surface area contributed by atoms with Crippen LogP contribution in [0, 0.1) is 5.82 Å². The van der Waals surface area contributed by atoms with Gasteiger partial charge in [-0.3, -0.25) is 4.79 Å². The molecular weight excluding hydrogens is 415 g/mol. The van der Waals surface area contributed by atoms with E-state index in [2.05, 4.69) is 0 Å². The minimum absolute atomic E-state index is 0.00142. The summed E-state index contributed by atoms with van der Waals surface area (Å²) >= 11 is 0. The summed E-state index contributed by atoms with van der Waals surface area (Å²) in [6, 6.07) is 6.83. The highest BCUT2D eigenvalue weighted by atomic mass is 19.1. The van der Waals surface area contributed by atoms with Crippen molar-refractivity contribution in [2.75, 3.05) is 21.3 Å². The molecule has 2 aromatic rings. The number of hydrogen-bond acceptors (Lipinski definition) is 6. The molecule has 3 rings (SSSR count). The van der Waals surface area contributed by atoms with Crippen LogP contribution < -0.4 is 18.9 Å². The van der Waals surface area contributed by atoms with E-state index in [4.69, 9.17) is 23.7 Å². The second-order valence-electron chi connectivity index (χ2n) is 7.95. The molecule has 7 heteroatoms. The summed E-state index contributed by atoms with van der Waals surface area (Å²) in [5.41, 5.74) is 1.24. The monoisotopic (exact) mass is 444 g/mol. The Balaban J connectivity index is 2.07. The Morgan fingerprint density at radius 3 is 2.41 bits per heavy atom. The van der Waals surface area contributed by atoms with Crippen LogP contribution >= 0.6 is 0 Å². The maximum Gasteiger partial charge on any atom is 0.306 e. The van der Waals surface area contributed by atoms with Gasteiger partial charge in [0.1, 0.15) is 23.2 Å². The van der Waals surface area contributed by atoms with Gasteiger partial charge >= 0.3 is 5.97 Å². The number of hydrogen-bond donors (Lipinski definition) is 0. The van der Waals surface area contributed by atoms with E-state index in [1.807, 2.05) is 32.1 Å². The molecule has 0 aromatic heterocycles. The van der Waals surface area contributed by atoms with Crippen molar-refractivity contribution in [2.45, 2.75) is 45.3 Å². The summed E-state index contributed by atoms with van der Waals surface area (Å²) in [6.45, 7) is 5.62. The van der Waals surface area contributed by atoms with E-state index in [0.29, 0.717) is 22.6 Å². The number of carbonyl (C=O) groups excluding carboxylic acids is 1. The molecule has 0 amide bonds. The second-order valence-corrected chi connectivity index (χ2v) is 7.95. The molecule has 172 valence electrons. The van der Waals surface area contributed by atoms with E-state index in [9.17, 15) is 4.79 Å². The average Bonchev–Trinajstić information content (AvgIpc) is 2.77. The summed E-state index contributed by atoms with van der Waals surface area (Å²) in [6.07, 6.45) is 3.36. The summed E-state index contributed by atoms with van der Waals surface area (Å²) in [4.78, 5) is 12.2. The quantitative estimate of drug-likeness (QED) is 0.517. The zero-order valence-corrected chi connectivity index (χ0v) is 19.3. The zero-order chi connectivity index (χ0) is 23.5. The molecule has 0 saturated carbocycles. The van der Waals surface area contributed by atoms with Gasteiger partial charge in [-0.15, -0.1) is 0 Å². The highest BCUT2D eigenvalue weighted by molar-refractivity contribution is 5.71. The largest absolute Gasteiger partial charge is 0.496 e. The molecule has 0 saturated heterocycles. The van der Waals surface area contributed by atoms with Gasteiger partial charge in [0.2, 0.25) is 0 Å². The van der Waals surface area contributed by atoms with Gasteiger partial charge in [0.25, 0.3) is 0 Å². The third-order valence-corrected chi connectivity index (χ3v) is 5.29. The Kier molecular flexibility index (Phi) is 6.96.